The van der Waals surface area contributed by atoms with Crippen LogP contribution in [0.1, 0.15) is 12.8 Å². The maximum absolute atomic E-state index is 12.3. The topological polar surface area (TPSA) is 55.8 Å². The van der Waals surface area contributed by atoms with Gasteiger partial charge in [-0.1, -0.05) is 12.2 Å². The summed E-state index contributed by atoms with van der Waals surface area (Å²) in [5.74, 6) is 1.00. The van der Waals surface area contributed by atoms with Crippen LogP contribution >= 0.6 is 0 Å². The molecule has 5 heteroatoms. The van der Waals surface area contributed by atoms with Gasteiger partial charge in [0.1, 0.15) is 18.1 Å². The maximum Gasteiger partial charge on any atom is 0.233 e. The van der Waals surface area contributed by atoms with Crippen molar-refractivity contribution >= 4 is 11.8 Å². The highest BCUT2D eigenvalue weighted by atomic mass is 16.5. The van der Waals surface area contributed by atoms with Crippen molar-refractivity contribution in [2.24, 2.45) is 11.8 Å². The molecule has 1 saturated heterocycles. The first-order chi connectivity index (χ1) is 10.7. The van der Waals surface area contributed by atoms with Crippen molar-refractivity contribution in [2.45, 2.75) is 12.8 Å². The minimum Gasteiger partial charge on any atom is -0.497 e. The second-order valence-corrected chi connectivity index (χ2v) is 5.51. The molecule has 1 aliphatic heterocycles. The molecule has 3 rings (SSSR count). The number of amides is 2. The lowest BCUT2D eigenvalue weighted by Gasteiger charge is -2.15. The van der Waals surface area contributed by atoms with Crippen molar-refractivity contribution in [3.05, 3.63) is 36.4 Å². The van der Waals surface area contributed by atoms with Crippen LogP contribution < -0.4 is 9.47 Å². The van der Waals surface area contributed by atoms with Gasteiger partial charge in [-0.2, -0.15) is 0 Å². The molecular weight excluding hydrogens is 282 g/mol. The Kier molecular flexibility index (Phi) is 4.13. The third kappa shape index (κ3) is 2.71. The highest BCUT2D eigenvalue weighted by Crippen LogP contribution is 2.34. The molecule has 1 aromatic carbocycles. The van der Waals surface area contributed by atoms with Gasteiger partial charge in [0.05, 0.1) is 25.5 Å². The summed E-state index contributed by atoms with van der Waals surface area (Å²) >= 11 is 0. The zero-order chi connectivity index (χ0) is 15.5. The number of nitrogens with zero attached hydrogens (tertiary/aromatic N) is 1. The highest BCUT2D eigenvalue weighted by molar-refractivity contribution is 6.05. The van der Waals surface area contributed by atoms with Crippen molar-refractivity contribution in [2.75, 3.05) is 20.3 Å². The Hall–Kier alpha value is -2.30. The van der Waals surface area contributed by atoms with Crippen molar-refractivity contribution in [1.82, 2.24) is 4.90 Å². The molecule has 1 fully saturated rings. The quantitative estimate of drug-likeness (QED) is 0.617. The number of methoxy groups -OCH3 is 1. The van der Waals surface area contributed by atoms with Crippen molar-refractivity contribution < 1.29 is 19.1 Å². The average molecular weight is 301 g/mol. The fourth-order valence-corrected chi connectivity index (χ4v) is 3.02. The number of hydrogen-bond acceptors (Lipinski definition) is 4. The van der Waals surface area contributed by atoms with E-state index in [1.807, 2.05) is 24.3 Å². The van der Waals surface area contributed by atoms with Gasteiger partial charge in [0.2, 0.25) is 11.8 Å². The summed E-state index contributed by atoms with van der Waals surface area (Å²) in [6.07, 6.45) is 5.32. The van der Waals surface area contributed by atoms with E-state index < -0.39 is 0 Å². The van der Waals surface area contributed by atoms with E-state index in [2.05, 4.69) is 0 Å². The first kappa shape index (κ1) is 14.6. The van der Waals surface area contributed by atoms with Gasteiger partial charge >= 0.3 is 0 Å². The summed E-state index contributed by atoms with van der Waals surface area (Å²) < 4.78 is 10.7. The molecule has 22 heavy (non-hydrogen) atoms. The van der Waals surface area contributed by atoms with Crippen molar-refractivity contribution in [3.63, 3.8) is 0 Å². The van der Waals surface area contributed by atoms with Crippen LogP contribution in [-0.2, 0) is 9.59 Å². The molecule has 2 aliphatic rings. The number of hydrogen-bond donors (Lipinski definition) is 0. The molecule has 0 aromatic heterocycles. The third-order valence-electron chi connectivity index (χ3n) is 4.24. The van der Waals surface area contributed by atoms with E-state index >= 15 is 0 Å². The van der Waals surface area contributed by atoms with Crippen LogP contribution in [-0.4, -0.2) is 37.0 Å². The number of carbonyl (C=O) groups excluding carboxylic acids is 2. The van der Waals surface area contributed by atoms with Crippen LogP contribution in [0.15, 0.2) is 36.4 Å². The van der Waals surface area contributed by atoms with Gasteiger partial charge in [0.15, 0.2) is 0 Å². The largest absolute Gasteiger partial charge is 0.497 e. The lowest BCUT2D eigenvalue weighted by Crippen LogP contribution is -2.34. The Bertz CT molecular complexity index is 567. The standard InChI is InChI=1S/C17H19NO4/c1-21-12-6-8-13(9-7-12)22-11-10-18-16(19)14-4-2-3-5-15(14)17(18)20/h2-3,6-9,14-15H,4-5,10-11H2,1H3/t14-,15-/m0/s1. The summed E-state index contributed by atoms with van der Waals surface area (Å²) in [5, 5.41) is 0. The van der Waals surface area contributed by atoms with E-state index in [-0.39, 0.29) is 23.7 Å². The molecule has 0 unspecified atom stereocenters. The van der Waals surface area contributed by atoms with Crippen LogP contribution in [0.4, 0.5) is 0 Å². The number of fused-ring (bicyclic) bond motifs is 1. The minimum absolute atomic E-state index is 0.0577. The molecule has 1 aliphatic carbocycles. The zero-order valence-electron chi connectivity index (χ0n) is 12.5. The molecule has 2 amide bonds. The third-order valence-corrected chi connectivity index (χ3v) is 4.24. The Labute approximate surface area is 129 Å². The second-order valence-electron chi connectivity index (χ2n) is 5.51. The van der Waals surface area contributed by atoms with E-state index in [1.54, 1.807) is 19.2 Å². The van der Waals surface area contributed by atoms with Gasteiger partial charge in [-0.05, 0) is 37.1 Å². The van der Waals surface area contributed by atoms with Gasteiger partial charge in [0, 0.05) is 0 Å². The van der Waals surface area contributed by atoms with Gasteiger partial charge in [-0.3, -0.25) is 14.5 Å². The average Bonchev–Trinajstić information content (AvgIpc) is 2.81. The molecule has 1 heterocycles. The molecule has 0 N–H and O–H groups in total. The normalized spacial score (nSPS) is 23.6. The van der Waals surface area contributed by atoms with E-state index in [9.17, 15) is 9.59 Å². The lowest BCUT2D eigenvalue weighted by molar-refractivity contribution is -0.140. The summed E-state index contributed by atoms with van der Waals surface area (Å²) in [6, 6.07) is 7.22. The Balaban J connectivity index is 1.55. The molecule has 0 saturated carbocycles. The molecule has 116 valence electrons. The predicted octanol–water partition coefficient (Wildman–Crippen LogP) is 2.03. The second kappa shape index (κ2) is 6.22. The molecule has 0 radical (unpaired) electrons. The number of imide groups is 1. The van der Waals surface area contributed by atoms with Gasteiger partial charge in [-0.15, -0.1) is 0 Å². The molecule has 1 aromatic rings. The Morgan fingerprint density at radius 3 is 2.09 bits per heavy atom. The minimum atomic E-state index is -0.168. The fourth-order valence-electron chi connectivity index (χ4n) is 3.02. The van der Waals surface area contributed by atoms with Crippen molar-refractivity contribution in [3.8, 4) is 11.5 Å². The molecular formula is C17H19NO4. The van der Waals surface area contributed by atoms with Gasteiger partial charge in [0.25, 0.3) is 0 Å². The monoisotopic (exact) mass is 301 g/mol. The number of allylic oxidation sites excluding steroid dienone is 2. The first-order valence-electron chi connectivity index (χ1n) is 7.48. The van der Waals surface area contributed by atoms with E-state index in [0.29, 0.717) is 31.7 Å². The Morgan fingerprint density at radius 1 is 1.00 bits per heavy atom. The smallest absolute Gasteiger partial charge is 0.233 e. The zero-order valence-corrected chi connectivity index (χ0v) is 12.5. The molecule has 0 bridgehead atoms. The van der Waals surface area contributed by atoms with Crippen molar-refractivity contribution in [1.29, 1.82) is 0 Å². The van der Waals surface area contributed by atoms with Crippen LogP contribution in [0.2, 0.25) is 0 Å². The van der Waals surface area contributed by atoms with E-state index in [1.165, 1.54) is 4.90 Å². The van der Waals surface area contributed by atoms with Crippen LogP contribution in [0.3, 0.4) is 0 Å². The van der Waals surface area contributed by atoms with Gasteiger partial charge in [-0.25, -0.2) is 0 Å². The van der Waals surface area contributed by atoms with Gasteiger partial charge < -0.3 is 9.47 Å². The summed E-state index contributed by atoms with van der Waals surface area (Å²) in [4.78, 5) is 25.9. The Morgan fingerprint density at radius 2 is 1.55 bits per heavy atom. The molecule has 0 spiro atoms. The SMILES string of the molecule is COc1ccc(OCCN2C(=O)[C@H]3CC=CC[C@@H]3C2=O)cc1. The van der Waals surface area contributed by atoms with E-state index in [4.69, 9.17) is 9.47 Å². The molecule has 2 atom stereocenters. The van der Waals surface area contributed by atoms with E-state index in [0.717, 1.165) is 5.75 Å². The van der Waals surface area contributed by atoms with Crippen LogP contribution in [0, 0.1) is 11.8 Å². The number of carbonyl (C=O) groups is 2. The lowest BCUT2D eigenvalue weighted by atomic mass is 9.85. The predicted molar refractivity (Wildman–Crippen MR) is 80.6 cm³/mol. The summed E-state index contributed by atoms with van der Waals surface area (Å²) in [6.45, 7) is 0.605. The summed E-state index contributed by atoms with van der Waals surface area (Å²) in [5.41, 5.74) is 0. The number of likely N-dealkylation sites (tertiary alicyclic amines) is 1. The highest BCUT2D eigenvalue weighted by Gasteiger charge is 2.46. The van der Waals surface area contributed by atoms with Crippen LogP contribution in [0.5, 0.6) is 11.5 Å². The summed E-state index contributed by atoms with van der Waals surface area (Å²) in [7, 11) is 1.61. The molecule has 5 nitrogen and oxygen atoms in total. The number of benzene rings is 1. The maximum atomic E-state index is 12.3. The van der Waals surface area contributed by atoms with Crippen LogP contribution in [0.25, 0.3) is 0 Å². The first-order valence-corrected chi connectivity index (χ1v) is 7.48. The number of ether oxygens (including phenoxy) is 2. The number of rotatable bonds is 5. The fraction of sp³-hybridized carbons (Fsp3) is 0.412.